The summed E-state index contributed by atoms with van der Waals surface area (Å²) in [6, 6.07) is 19.4. The summed E-state index contributed by atoms with van der Waals surface area (Å²) in [6.45, 7) is 2.03. The number of amides is 2. The maximum absolute atomic E-state index is 12.5. The van der Waals surface area contributed by atoms with Gasteiger partial charge in [0, 0.05) is 11.4 Å². The third kappa shape index (κ3) is 3.77. The molecule has 0 spiro atoms. The molecule has 2 amide bonds. The Morgan fingerprint density at radius 3 is 2.67 bits per heavy atom. The summed E-state index contributed by atoms with van der Waals surface area (Å²) in [7, 11) is 0. The lowest BCUT2D eigenvalue weighted by Gasteiger charge is -2.25. The van der Waals surface area contributed by atoms with E-state index in [1.165, 1.54) is 11.3 Å². The molecule has 1 atom stereocenters. The first-order valence-corrected chi connectivity index (χ1v) is 10.5. The van der Waals surface area contributed by atoms with Gasteiger partial charge in [0.25, 0.3) is 5.91 Å². The quantitative estimate of drug-likeness (QED) is 0.671. The van der Waals surface area contributed by atoms with Crippen LogP contribution in [0.25, 0.3) is 0 Å². The number of hydrogen-bond acceptors (Lipinski definition) is 4. The molecule has 1 aliphatic rings. The molecule has 1 fully saturated rings. The van der Waals surface area contributed by atoms with E-state index in [1.54, 1.807) is 17.8 Å². The summed E-state index contributed by atoms with van der Waals surface area (Å²) >= 11 is 3.01. The number of nitrogens with one attached hydrogen (secondary N) is 1. The van der Waals surface area contributed by atoms with Crippen molar-refractivity contribution in [2.75, 3.05) is 16.0 Å². The summed E-state index contributed by atoms with van der Waals surface area (Å²) < 4.78 is 0. The largest absolute Gasteiger partial charge is 0.321 e. The molecule has 4 rings (SSSR count). The minimum Gasteiger partial charge on any atom is -0.321 e. The van der Waals surface area contributed by atoms with Crippen molar-refractivity contribution in [1.82, 2.24) is 0 Å². The number of aryl methyl sites for hydroxylation is 1. The molecule has 27 heavy (non-hydrogen) atoms. The lowest BCUT2D eigenvalue weighted by molar-refractivity contribution is -0.115. The predicted octanol–water partition coefficient (Wildman–Crippen LogP) is 5.09. The smallest absolute Gasteiger partial charge is 0.265 e. The highest BCUT2D eigenvalue weighted by molar-refractivity contribution is 8.00. The van der Waals surface area contributed by atoms with Gasteiger partial charge in [0.15, 0.2) is 0 Å². The van der Waals surface area contributed by atoms with Gasteiger partial charge in [-0.15, -0.1) is 23.1 Å². The van der Waals surface area contributed by atoms with Crippen LogP contribution in [0.5, 0.6) is 0 Å². The van der Waals surface area contributed by atoms with Crippen molar-refractivity contribution in [2.45, 2.75) is 12.3 Å². The highest BCUT2D eigenvalue weighted by atomic mass is 32.2. The molecule has 4 nitrogen and oxygen atoms in total. The van der Waals surface area contributed by atoms with E-state index < -0.39 is 0 Å². The van der Waals surface area contributed by atoms with Crippen molar-refractivity contribution in [3.63, 3.8) is 0 Å². The average Bonchev–Trinajstić information content (AvgIpc) is 3.33. The average molecular weight is 395 g/mol. The fourth-order valence-electron chi connectivity index (χ4n) is 3.03. The Labute approximate surface area is 166 Å². The second kappa shape index (κ2) is 7.58. The number of hydrogen-bond donors (Lipinski definition) is 1. The third-order valence-corrected chi connectivity index (χ3v) is 6.44. The molecular formula is C21H18N2O2S2. The lowest BCUT2D eigenvalue weighted by Crippen LogP contribution is -2.27. The zero-order valence-electron chi connectivity index (χ0n) is 14.7. The number of thioether (sulfide) groups is 1. The van der Waals surface area contributed by atoms with Crippen LogP contribution in [0.4, 0.5) is 11.4 Å². The van der Waals surface area contributed by atoms with Crippen molar-refractivity contribution in [3.8, 4) is 0 Å². The number of anilines is 2. The molecular weight excluding hydrogens is 376 g/mol. The molecule has 2 aromatic carbocycles. The predicted molar refractivity (Wildman–Crippen MR) is 113 cm³/mol. The van der Waals surface area contributed by atoms with E-state index in [1.807, 2.05) is 71.8 Å². The molecule has 1 aromatic heterocycles. The first-order valence-electron chi connectivity index (χ1n) is 8.57. The van der Waals surface area contributed by atoms with Gasteiger partial charge in [-0.1, -0.05) is 35.9 Å². The Hall–Kier alpha value is -2.57. The van der Waals surface area contributed by atoms with Gasteiger partial charge in [-0.25, -0.2) is 0 Å². The zero-order valence-corrected chi connectivity index (χ0v) is 16.3. The van der Waals surface area contributed by atoms with Crippen LogP contribution in [0.1, 0.15) is 26.2 Å². The number of benzene rings is 2. The highest BCUT2D eigenvalue weighted by Gasteiger charge is 2.34. The van der Waals surface area contributed by atoms with Crippen molar-refractivity contribution < 1.29 is 9.59 Å². The summed E-state index contributed by atoms with van der Waals surface area (Å²) in [4.78, 5) is 27.3. The Balaban J connectivity index is 1.59. The normalized spacial score (nSPS) is 16.6. The van der Waals surface area contributed by atoms with E-state index >= 15 is 0 Å². The Morgan fingerprint density at radius 2 is 1.93 bits per heavy atom. The fraction of sp³-hybridized carbons (Fsp3) is 0.143. The highest BCUT2D eigenvalue weighted by Crippen LogP contribution is 2.42. The topological polar surface area (TPSA) is 49.4 Å². The molecule has 136 valence electrons. The van der Waals surface area contributed by atoms with Gasteiger partial charge >= 0.3 is 0 Å². The fourth-order valence-corrected chi connectivity index (χ4v) is 4.81. The van der Waals surface area contributed by atoms with E-state index in [-0.39, 0.29) is 17.2 Å². The molecule has 0 aliphatic carbocycles. The van der Waals surface area contributed by atoms with Crippen LogP contribution in [0.3, 0.4) is 0 Å². The van der Waals surface area contributed by atoms with E-state index in [9.17, 15) is 9.59 Å². The number of carbonyl (C=O) groups excluding carboxylic acids is 2. The first-order chi connectivity index (χ1) is 13.1. The van der Waals surface area contributed by atoms with Crippen molar-refractivity contribution in [1.29, 1.82) is 0 Å². The summed E-state index contributed by atoms with van der Waals surface area (Å²) in [5.41, 5.74) is 3.78. The minimum atomic E-state index is -0.118. The van der Waals surface area contributed by atoms with Crippen LogP contribution >= 0.6 is 23.1 Å². The Morgan fingerprint density at radius 1 is 1.11 bits per heavy atom. The molecule has 6 heteroatoms. The number of thiophene rings is 1. The molecule has 0 unspecified atom stereocenters. The lowest BCUT2D eigenvalue weighted by atomic mass is 10.1. The molecule has 1 aliphatic heterocycles. The van der Waals surface area contributed by atoms with Gasteiger partial charge in [-0.3, -0.25) is 14.5 Å². The van der Waals surface area contributed by atoms with E-state index in [2.05, 4.69) is 5.32 Å². The van der Waals surface area contributed by atoms with Gasteiger partial charge in [0.2, 0.25) is 5.91 Å². The zero-order chi connectivity index (χ0) is 18.8. The number of nitrogens with zero attached hydrogens (tertiary/aromatic N) is 1. The van der Waals surface area contributed by atoms with Gasteiger partial charge in [0.05, 0.1) is 10.6 Å². The van der Waals surface area contributed by atoms with Crippen molar-refractivity contribution in [2.24, 2.45) is 0 Å². The van der Waals surface area contributed by atoms with E-state index in [0.717, 1.165) is 22.5 Å². The molecule has 0 radical (unpaired) electrons. The van der Waals surface area contributed by atoms with Gasteiger partial charge in [0.1, 0.15) is 5.37 Å². The molecule has 1 saturated heterocycles. The maximum Gasteiger partial charge on any atom is 0.265 e. The maximum atomic E-state index is 12.5. The SMILES string of the molecule is Cc1ccc(N2C(=O)CS[C@H]2c2cccc(NC(=O)c3cccs3)c2)cc1. The molecule has 3 aromatic rings. The third-order valence-electron chi connectivity index (χ3n) is 4.35. The first kappa shape index (κ1) is 17.8. The molecule has 1 N–H and O–H groups in total. The second-order valence-electron chi connectivity index (χ2n) is 6.32. The summed E-state index contributed by atoms with van der Waals surface area (Å²) in [6.07, 6.45) is 0. The van der Waals surface area contributed by atoms with Gasteiger partial charge < -0.3 is 5.32 Å². The van der Waals surface area contributed by atoms with Crippen LogP contribution in [-0.2, 0) is 4.79 Å². The van der Waals surface area contributed by atoms with Crippen molar-refractivity contribution >= 4 is 46.3 Å². The summed E-state index contributed by atoms with van der Waals surface area (Å²) in [5.74, 6) is 0.430. The van der Waals surface area contributed by atoms with Crippen LogP contribution < -0.4 is 10.2 Å². The molecule has 2 heterocycles. The number of rotatable bonds is 4. The second-order valence-corrected chi connectivity index (χ2v) is 8.34. The van der Waals surface area contributed by atoms with Crippen LogP contribution in [0, 0.1) is 6.92 Å². The minimum absolute atomic E-state index is 0.0983. The molecule has 0 bridgehead atoms. The van der Waals surface area contributed by atoms with Crippen LogP contribution in [0.2, 0.25) is 0 Å². The summed E-state index contributed by atoms with van der Waals surface area (Å²) in [5, 5.41) is 4.72. The van der Waals surface area contributed by atoms with Gasteiger partial charge in [-0.05, 0) is 48.2 Å². The van der Waals surface area contributed by atoms with Gasteiger partial charge in [-0.2, -0.15) is 0 Å². The Bertz CT molecular complexity index is 968. The van der Waals surface area contributed by atoms with E-state index in [0.29, 0.717) is 10.6 Å². The van der Waals surface area contributed by atoms with Crippen LogP contribution in [0.15, 0.2) is 66.0 Å². The standard InChI is InChI=1S/C21H18N2O2S2/c1-14-7-9-17(10-8-14)23-19(24)13-27-21(23)15-4-2-5-16(12-15)22-20(25)18-6-3-11-26-18/h2-12,21H,13H2,1H3,(H,22,25)/t21-/m0/s1. The van der Waals surface area contributed by atoms with Crippen molar-refractivity contribution in [3.05, 3.63) is 82.0 Å². The number of carbonyl (C=O) groups is 2. The molecule has 0 saturated carbocycles. The van der Waals surface area contributed by atoms with Crippen LogP contribution in [-0.4, -0.2) is 17.6 Å². The monoisotopic (exact) mass is 394 g/mol. The van der Waals surface area contributed by atoms with E-state index in [4.69, 9.17) is 0 Å². The Kier molecular flexibility index (Phi) is 5.01.